The summed E-state index contributed by atoms with van der Waals surface area (Å²) < 4.78 is 28.7. The molecule has 3 aromatic rings. The van der Waals surface area contributed by atoms with Gasteiger partial charge < -0.3 is 14.6 Å². The van der Waals surface area contributed by atoms with Crippen LogP contribution in [0.5, 0.6) is 0 Å². The first kappa shape index (κ1) is 23.7. The van der Waals surface area contributed by atoms with Crippen LogP contribution in [0.1, 0.15) is 24.0 Å². The number of aryl methyl sites for hydroxylation is 2. The molecule has 0 spiro atoms. The number of carbonyl (C=O) groups is 2. The highest BCUT2D eigenvalue weighted by Gasteiger charge is 2.33. The Morgan fingerprint density at radius 3 is 2.29 bits per heavy atom. The lowest BCUT2D eigenvalue weighted by atomic mass is 10.00. The van der Waals surface area contributed by atoms with E-state index in [1.54, 1.807) is 12.1 Å². The fraction of sp³-hybridized carbons (Fsp3) is 0.320. The van der Waals surface area contributed by atoms with Gasteiger partial charge in [-0.15, -0.1) is 0 Å². The first-order chi connectivity index (χ1) is 16.2. The van der Waals surface area contributed by atoms with Crippen molar-refractivity contribution in [3.63, 3.8) is 0 Å². The summed E-state index contributed by atoms with van der Waals surface area (Å²) >= 11 is 0. The zero-order chi connectivity index (χ0) is 24.3. The highest BCUT2D eigenvalue weighted by Crippen LogP contribution is 2.26. The molecule has 0 saturated carbocycles. The number of amides is 2. The first-order valence-electron chi connectivity index (χ1n) is 11.1. The van der Waals surface area contributed by atoms with Crippen molar-refractivity contribution < 1.29 is 22.4 Å². The van der Waals surface area contributed by atoms with E-state index < -0.39 is 15.8 Å². The van der Waals surface area contributed by atoms with Crippen molar-refractivity contribution in [1.29, 1.82) is 0 Å². The normalized spacial score (nSPS) is 15.6. The van der Waals surface area contributed by atoms with E-state index in [2.05, 4.69) is 10.3 Å². The van der Waals surface area contributed by atoms with Crippen molar-refractivity contribution in [3.05, 3.63) is 66.2 Å². The van der Waals surface area contributed by atoms with Crippen molar-refractivity contribution in [2.45, 2.75) is 26.7 Å². The third-order valence-electron chi connectivity index (χ3n) is 5.89. The number of anilines is 2. The molecule has 1 aliphatic heterocycles. The predicted molar refractivity (Wildman–Crippen MR) is 130 cm³/mol. The smallest absolute Gasteiger partial charge is 0.244 e. The minimum Gasteiger partial charge on any atom is -0.451 e. The third-order valence-corrected chi connectivity index (χ3v) is 7.60. The second kappa shape index (κ2) is 9.80. The van der Waals surface area contributed by atoms with Crippen LogP contribution in [-0.4, -0.2) is 43.3 Å². The van der Waals surface area contributed by atoms with Crippen LogP contribution in [0.4, 0.5) is 11.4 Å². The zero-order valence-corrected chi connectivity index (χ0v) is 20.0. The van der Waals surface area contributed by atoms with Gasteiger partial charge in [-0.05, 0) is 62.1 Å². The molecular formula is C25H27N3O5S. The van der Waals surface area contributed by atoms with E-state index in [1.165, 1.54) is 17.6 Å². The predicted octanol–water partition coefficient (Wildman–Crippen LogP) is 3.75. The number of sulfone groups is 1. The van der Waals surface area contributed by atoms with Crippen LogP contribution in [0.15, 0.2) is 59.5 Å². The van der Waals surface area contributed by atoms with Crippen LogP contribution < -0.4 is 10.2 Å². The van der Waals surface area contributed by atoms with Gasteiger partial charge in [-0.3, -0.25) is 9.59 Å². The van der Waals surface area contributed by atoms with Gasteiger partial charge in [0.05, 0.1) is 11.5 Å². The van der Waals surface area contributed by atoms with Crippen molar-refractivity contribution in [2.24, 2.45) is 5.92 Å². The van der Waals surface area contributed by atoms with E-state index in [9.17, 15) is 18.0 Å². The molecule has 1 N–H and O–H groups in total. The number of oxazole rings is 1. The molecule has 4 rings (SSSR count). The quantitative estimate of drug-likeness (QED) is 0.574. The van der Waals surface area contributed by atoms with Gasteiger partial charge in [-0.25, -0.2) is 13.4 Å². The maximum atomic E-state index is 13.4. The van der Waals surface area contributed by atoms with Crippen molar-refractivity contribution >= 4 is 33.0 Å². The summed E-state index contributed by atoms with van der Waals surface area (Å²) in [6.07, 6.45) is 3.43. The van der Waals surface area contributed by atoms with Crippen molar-refractivity contribution in [2.75, 3.05) is 28.3 Å². The molecule has 0 aliphatic carbocycles. The molecule has 1 saturated heterocycles. The van der Waals surface area contributed by atoms with E-state index in [0.717, 1.165) is 16.7 Å². The Kier molecular flexibility index (Phi) is 6.83. The van der Waals surface area contributed by atoms with Gasteiger partial charge in [-0.1, -0.05) is 18.2 Å². The number of nitrogens with zero attached hydrogens (tertiary/aromatic N) is 2. The maximum Gasteiger partial charge on any atom is 0.244 e. The Labute approximate surface area is 198 Å². The second-order valence-electron chi connectivity index (χ2n) is 8.70. The van der Waals surface area contributed by atoms with E-state index in [1.807, 2.05) is 44.2 Å². The van der Waals surface area contributed by atoms with Gasteiger partial charge >= 0.3 is 0 Å². The molecule has 178 valence electrons. The van der Waals surface area contributed by atoms with E-state index >= 15 is 0 Å². The van der Waals surface area contributed by atoms with Crippen molar-refractivity contribution in [3.8, 4) is 11.3 Å². The average Bonchev–Trinajstić information content (AvgIpc) is 3.32. The highest BCUT2D eigenvalue weighted by molar-refractivity contribution is 7.91. The Morgan fingerprint density at radius 1 is 1.06 bits per heavy atom. The van der Waals surface area contributed by atoms with Gasteiger partial charge in [0, 0.05) is 22.9 Å². The number of hydrogen-bond acceptors (Lipinski definition) is 6. The van der Waals surface area contributed by atoms with E-state index in [4.69, 9.17) is 4.42 Å². The molecule has 1 aromatic heterocycles. The van der Waals surface area contributed by atoms with Crippen LogP contribution in [-0.2, 0) is 19.4 Å². The fourth-order valence-electron chi connectivity index (χ4n) is 4.18. The molecule has 9 heteroatoms. The minimum absolute atomic E-state index is 0.00580. The van der Waals surface area contributed by atoms with Gasteiger partial charge in [0.25, 0.3) is 0 Å². The average molecular weight is 482 g/mol. The topological polar surface area (TPSA) is 110 Å². The largest absolute Gasteiger partial charge is 0.451 e. The van der Waals surface area contributed by atoms with Crippen LogP contribution >= 0.6 is 0 Å². The lowest BCUT2D eigenvalue weighted by Gasteiger charge is -2.29. The van der Waals surface area contributed by atoms with Crippen LogP contribution in [0.3, 0.4) is 0 Å². The van der Waals surface area contributed by atoms with Gasteiger partial charge in [0.1, 0.15) is 28.3 Å². The summed E-state index contributed by atoms with van der Waals surface area (Å²) in [5.41, 5.74) is 4.72. The molecule has 1 aliphatic rings. The number of nitrogens with one attached hydrogen (secondary N) is 1. The number of carbonyl (C=O) groups excluding carboxylic acids is 2. The molecule has 34 heavy (non-hydrogen) atoms. The summed E-state index contributed by atoms with van der Waals surface area (Å²) in [4.78, 5) is 31.9. The number of benzene rings is 2. The number of rotatable bonds is 6. The lowest BCUT2D eigenvalue weighted by Crippen LogP contribution is -2.43. The molecule has 0 radical (unpaired) electrons. The molecule has 2 heterocycles. The molecule has 0 atom stereocenters. The zero-order valence-electron chi connectivity index (χ0n) is 19.2. The van der Waals surface area contributed by atoms with Gasteiger partial charge in [0.15, 0.2) is 6.39 Å². The fourth-order valence-corrected chi connectivity index (χ4v) is 5.68. The van der Waals surface area contributed by atoms with E-state index in [0.29, 0.717) is 17.1 Å². The maximum absolute atomic E-state index is 13.4. The monoisotopic (exact) mass is 481 g/mol. The van der Waals surface area contributed by atoms with Crippen molar-refractivity contribution in [1.82, 2.24) is 4.98 Å². The summed E-state index contributed by atoms with van der Waals surface area (Å²) in [7, 11) is -3.10. The lowest BCUT2D eigenvalue weighted by molar-refractivity contribution is -0.124. The summed E-state index contributed by atoms with van der Waals surface area (Å²) in [6, 6.07) is 12.9. The molecule has 2 amide bonds. The van der Waals surface area contributed by atoms with Crippen LogP contribution in [0.2, 0.25) is 0 Å². The second-order valence-corrected chi connectivity index (χ2v) is 11.0. The van der Waals surface area contributed by atoms with E-state index in [-0.39, 0.29) is 42.7 Å². The van der Waals surface area contributed by atoms with Crippen LogP contribution in [0.25, 0.3) is 11.3 Å². The minimum atomic E-state index is -3.10. The molecule has 1 fully saturated rings. The SMILES string of the molecule is Cc1cc(C)cc(N(CC(=O)Nc2ccc(-c3cocn3)cc2)C(=O)C2CCS(=O)(=O)CC2)c1. The molecular weight excluding hydrogens is 454 g/mol. The molecule has 8 nitrogen and oxygen atoms in total. The Morgan fingerprint density at radius 2 is 1.71 bits per heavy atom. The van der Waals surface area contributed by atoms with Gasteiger partial charge in [-0.2, -0.15) is 0 Å². The van der Waals surface area contributed by atoms with Crippen LogP contribution in [0, 0.1) is 19.8 Å². The van der Waals surface area contributed by atoms with Gasteiger partial charge in [0.2, 0.25) is 11.8 Å². The third kappa shape index (κ3) is 5.72. The Hall–Kier alpha value is -3.46. The number of hydrogen-bond donors (Lipinski definition) is 1. The summed E-state index contributed by atoms with van der Waals surface area (Å²) in [5, 5.41) is 2.84. The molecule has 2 aromatic carbocycles. The number of aromatic nitrogens is 1. The molecule has 0 unspecified atom stereocenters. The Balaban J connectivity index is 1.51. The standard InChI is InChI=1S/C25H27N3O5S/c1-17-11-18(2)13-22(12-17)28(25(30)20-7-9-34(31,32)10-8-20)14-24(29)27-21-5-3-19(4-6-21)23-15-33-16-26-23/h3-6,11-13,15-16,20H,7-10,14H2,1-2H3,(H,27,29). The first-order valence-corrected chi connectivity index (χ1v) is 12.9. The Bertz CT molecular complexity index is 1250. The summed E-state index contributed by atoms with van der Waals surface area (Å²) in [5.74, 6) is -1.01. The summed E-state index contributed by atoms with van der Waals surface area (Å²) in [6.45, 7) is 3.70. The highest BCUT2D eigenvalue weighted by atomic mass is 32.2. The molecule has 0 bridgehead atoms.